The minimum Gasteiger partial charge on any atom is -0.480 e. The number of carboxylic acid groups (broad SMARTS) is 1. The van der Waals surface area contributed by atoms with Crippen LogP contribution in [0.5, 0.6) is 0 Å². The Bertz CT molecular complexity index is 287. The number of aliphatic carboxylic acids is 1. The number of carboxylic acids is 1. The van der Waals surface area contributed by atoms with Crippen LogP contribution in [0.1, 0.15) is 32.1 Å². The molecule has 0 aromatic rings. The van der Waals surface area contributed by atoms with Crippen LogP contribution in [0.4, 0.5) is 0 Å². The molecule has 0 unspecified atom stereocenters. The topological polar surface area (TPSA) is 101 Å². The van der Waals surface area contributed by atoms with Crippen molar-refractivity contribution in [2.45, 2.75) is 38.1 Å². The van der Waals surface area contributed by atoms with Gasteiger partial charge in [-0.1, -0.05) is 0 Å². The van der Waals surface area contributed by atoms with Gasteiger partial charge in [0.05, 0.1) is 0 Å². The van der Waals surface area contributed by atoms with E-state index in [-0.39, 0.29) is 31.1 Å². The van der Waals surface area contributed by atoms with Crippen LogP contribution in [-0.2, 0) is 14.4 Å². The molecule has 2 amide bonds. The van der Waals surface area contributed by atoms with E-state index in [1.54, 1.807) is 0 Å². The largest absolute Gasteiger partial charge is 0.480 e. The predicted octanol–water partition coefficient (Wildman–Crippen LogP) is -0.282. The highest BCUT2D eigenvalue weighted by molar-refractivity contribution is 6.04. The van der Waals surface area contributed by atoms with E-state index in [2.05, 4.69) is 0 Å². The number of nitrogens with two attached hydrogens (primary N) is 1. The van der Waals surface area contributed by atoms with Gasteiger partial charge in [-0.2, -0.15) is 0 Å². The smallest absolute Gasteiger partial charge is 0.326 e. The van der Waals surface area contributed by atoms with E-state index >= 15 is 0 Å². The molecule has 0 bridgehead atoms. The summed E-state index contributed by atoms with van der Waals surface area (Å²) in [6.07, 6.45) is 1.83. The van der Waals surface area contributed by atoms with E-state index in [1.807, 2.05) is 0 Å². The fourth-order valence-electron chi connectivity index (χ4n) is 1.79. The maximum atomic E-state index is 11.4. The first-order valence-electron chi connectivity index (χ1n) is 5.35. The van der Waals surface area contributed by atoms with Gasteiger partial charge in [0, 0.05) is 12.8 Å². The van der Waals surface area contributed by atoms with E-state index in [9.17, 15) is 14.4 Å². The second-order valence-corrected chi connectivity index (χ2v) is 3.80. The second-order valence-electron chi connectivity index (χ2n) is 3.80. The summed E-state index contributed by atoms with van der Waals surface area (Å²) in [5, 5.41) is 8.99. The predicted molar refractivity (Wildman–Crippen MR) is 55.4 cm³/mol. The number of carbonyl (C=O) groups is 3. The third-order valence-corrected chi connectivity index (χ3v) is 2.62. The highest BCUT2D eigenvalue weighted by atomic mass is 16.4. The summed E-state index contributed by atoms with van der Waals surface area (Å²) < 4.78 is 0. The van der Waals surface area contributed by atoms with Crippen LogP contribution in [0, 0.1) is 0 Å². The molecule has 1 atom stereocenters. The highest BCUT2D eigenvalue weighted by Gasteiger charge is 2.38. The van der Waals surface area contributed by atoms with Crippen molar-refractivity contribution >= 4 is 17.8 Å². The van der Waals surface area contributed by atoms with Crippen molar-refractivity contribution in [2.75, 3.05) is 6.54 Å². The summed E-state index contributed by atoms with van der Waals surface area (Å²) in [5.41, 5.74) is 5.30. The van der Waals surface area contributed by atoms with Crippen molar-refractivity contribution in [3.63, 3.8) is 0 Å². The Morgan fingerprint density at radius 2 is 1.88 bits per heavy atom. The number of imide groups is 1. The quantitative estimate of drug-likeness (QED) is 0.481. The Morgan fingerprint density at radius 3 is 2.31 bits per heavy atom. The average Bonchev–Trinajstić information content (AvgIpc) is 2.54. The fourth-order valence-corrected chi connectivity index (χ4v) is 1.79. The van der Waals surface area contributed by atoms with Crippen LogP contribution in [0.25, 0.3) is 0 Å². The van der Waals surface area contributed by atoms with Crippen LogP contribution in [0.3, 0.4) is 0 Å². The number of unbranched alkanes of at least 4 members (excludes halogenated alkanes) is 1. The number of nitrogens with zero attached hydrogens (tertiary/aromatic N) is 1. The van der Waals surface area contributed by atoms with Gasteiger partial charge in [-0.25, -0.2) is 4.79 Å². The Kier molecular flexibility index (Phi) is 4.42. The summed E-state index contributed by atoms with van der Waals surface area (Å²) in [7, 11) is 0. The standard InChI is InChI=1S/C10H16N2O4/c11-6-2-1-3-7(10(15)16)12-8(13)4-5-9(12)14/h7H,1-6,11H2,(H,15,16)/t7-/m0/s1. The van der Waals surface area contributed by atoms with Crippen LogP contribution in [-0.4, -0.2) is 40.4 Å². The zero-order valence-corrected chi connectivity index (χ0v) is 9.02. The minimum atomic E-state index is -1.12. The van der Waals surface area contributed by atoms with Gasteiger partial charge in [-0.05, 0) is 25.8 Å². The number of hydrogen-bond acceptors (Lipinski definition) is 4. The molecule has 0 saturated carbocycles. The van der Waals surface area contributed by atoms with E-state index in [0.717, 1.165) is 4.90 Å². The Morgan fingerprint density at radius 1 is 1.31 bits per heavy atom. The monoisotopic (exact) mass is 228 g/mol. The van der Waals surface area contributed by atoms with E-state index < -0.39 is 12.0 Å². The summed E-state index contributed by atoms with van der Waals surface area (Å²) in [5.74, 6) is -1.89. The molecule has 90 valence electrons. The molecule has 1 saturated heterocycles. The molecule has 16 heavy (non-hydrogen) atoms. The number of carbonyl (C=O) groups excluding carboxylic acids is 2. The van der Waals surface area contributed by atoms with E-state index in [4.69, 9.17) is 10.8 Å². The molecule has 0 aromatic carbocycles. The number of rotatable bonds is 6. The molecular formula is C10H16N2O4. The van der Waals surface area contributed by atoms with Crippen molar-refractivity contribution in [3.05, 3.63) is 0 Å². The molecular weight excluding hydrogens is 212 g/mol. The van der Waals surface area contributed by atoms with Crippen molar-refractivity contribution in [1.29, 1.82) is 0 Å². The zero-order valence-electron chi connectivity index (χ0n) is 9.02. The Labute approximate surface area is 93.4 Å². The number of hydrogen-bond donors (Lipinski definition) is 2. The molecule has 6 nitrogen and oxygen atoms in total. The third-order valence-electron chi connectivity index (χ3n) is 2.62. The third kappa shape index (κ3) is 2.79. The summed E-state index contributed by atoms with van der Waals surface area (Å²) in [4.78, 5) is 34.6. The van der Waals surface area contributed by atoms with Gasteiger partial charge in [0.1, 0.15) is 6.04 Å². The summed E-state index contributed by atoms with van der Waals surface area (Å²) in [6, 6.07) is -1.02. The van der Waals surface area contributed by atoms with Gasteiger partial charge in [0.15, 0.2) is 0 Å². The first-order chi connectivity index (χ1) is 7.57. The highest BCUT2D eigenvalue weighted by Crippen LogP contribution is 2.19. The van der Waals surface area contributed by atoms with Crippen LogP contribution in [0.15, 0.2) is 0 Å². The molecule has 1 fully saturated rings. The molecule has 0 aromatic heterocycles. The van der Waals surface area contributed by atoms with Gasteiger partial charge < -0.3 is 10.8 Å². The van der Waals surface area contributed by atoms with Crippen LogP contribution >= 0.6 is 0 Å². The maximum absolute atomic E-state index is 11.4. The second kappa shape index (κ2) is 5.60. The van der Waals surface area contributed by atoms with Gasteiger partial charge in [-0.3, -0.25) is 14.5 Å². The molecule has 1 heterocycles. The Hall–Kier alpha value is -1.43. The normalized spacial score (nSPS) is 17.9. The van der Waals surface area contributed by atoms with E-state index in [0.29, 0.717) is 19.4 Å². The molecule has 1 aliphatic rings. The molecule has 0 aliphatic carbocycles. The Balaban J connectivity index is 2.65. The fraction of sp³-hybridized carbons (Fsp3) is 0.700. The lowest BCUT2D eigenvalue weighted by Crippen LogP contribution is -2.44. The minimum absolute atomic E-state index is 0.125. The lowest BCUT2D eigenvalue weighted by molar-refractivity contribution is -0.154. The van der Waals surface area contributed by atoms with Crippen LogP contribution < -0.4 is 5.73 Å². The van der Waals surface area contributed by atoms with Crippen molar-refractivity contribution in [1.82, 2.24) is 4.90 Å². The average molecular weight is 228 g/mol. The van der Waals surface area contributed by atoms with Crippen molar-refractivity contribution in [3.8, 4) is 0 Å². The number of likely N-dealkylation sites (tertiary alicyclic amines) is 1. The number of amides is 2. The van der Waals surface area contributed by atoms with Crippen molar-refractivity contribution in [2.24, 2.45) is 5.73 Å². The summed E-state index contributed by atoms with van der Waals surface area (Å²) >= 11 is 0. The van der Waals surface area contributed by atoms with Gasteiger partial charge in [0.25, 0.3) is 0 Å². The lowest BCUT2D eigenvalue weighted by atomic mass is 10.1. The molecule has 1 aliphatic heterocycles. The molecule has 6 heteroatoms. The summed E-state index contributed by atoms with van der Waals surface area (Å²) in [6.45, 7) is 0.480. The lowest BCUT2D eigenvalue weighted by Gasteiger charge is -2.22. The van der Waals surface area contributed by atoms with E-state index in [1.165, 1.54) is 0 Å². The molecule has 1 rings (SSSR count). The van der Waals surface area contributed by atoms with Crippen LogP contribution in [0.2, 0.25) is 0 Å². The first kappa shape index (κ1) is 12.6. The first-order valence-corrected chi connectivity index (χ1v) is 5.35. The van der Waals surface area contributed by atoms with Gasteiger partial charge >= 0.3 is 5.97 Å². The van der Waals surface area contributed by atoms with Gasteiger partial charge in [-0.15, -0.1) is 0 Å². The zero-order chi connectivity index (χ0) is 12.1. The molecule has 3 N–H and O–H groups in total. The SMILES string of the molecule is NCCCC[C@@H](C(=O)O)N1C(=O)CCC1=O. The maximum Gasteiger partial charge on any atom is 0.326 e. The van der Waals surface area contributed by atoms with Gasteiger partial charge in [0.2, 0.25) is 11.8 Å². The van der Waals surface area contributed by atoms with Crippen molar-refractivity contribution < 1.29 is 19.5 Å². The molecule has 0 spiro atoms. The molecule has 0 radical (unpaired) electrons.